The average molecular weight is 431 g/mol. The summed E-state index contributed by atoms with van der Waals surface area (Å²) in [6, 6.07) is 15.0. The fourth-order valence-corrected chi connectivity index (χ4v) is 3.51. The van der Waals surface area contributed by atoms with Gasteiger partial charge >= 0.3 is 0 Å². The molecule has 0 unspecified atom stereocenters. The number of nitrogens with one attached hydrogen (secondary N) is 1. The first-order valence-electron chi connectivity index (χ1n) is 9.86. The van der Waals surface area contributed by atoms with Gasteiger partial charge in [0.05, 0.1) is 30.9 Å². The van der Waals surface area contributed by atoms with Gasteiger partial charge in [0.1, 0.15) is 5.75 Å². The van der Waals surface area contributed by atoms with Gasteiger partial charge in [0, 0.05) is 38.9 Å². The van der Waals surface area contributed by atoms with Crippen LogP contribution in [0.15, 0.2) is 48.5 Å². The zero-order valence-electron chi connectivity index (χ0n) is 17.3. The molecule has 1 fully saturated rings. The molecule has 0 spiro atoms. The summed E-state index contributed by atoms with van der Waals surface area (Å²) >= 11 is 6.06. The molecule has 0 aliphatic carbocycles. The minimum Gasteiger partial charge on any atom is -0.497 e. The Labute approximate surface area is 182 Å². The second-order valence-corrected chi connectivity index (χ2v) is 7.65. The molecule has 1 N–H and O–H groups in total. The molecule has 0 bridgehead atoms. The van der Waals surface area contributed by atoms with E-state index in [9.17, 15) is 9.59 Å². The van der Waals surface area contributed by atoms with Crippen LogP contribution in [-0.2, 0) is 9.59 Å². The molecule has 1 saturated heterocycles. The van der Waals surface area contributed by atoms with Crippen LogP contribution in [0.5, 0.6) is 5.75 Å². The van der Waals surface area contributed by atoms with E-state index < -0.39 is 0 Å². The van der Waals surface area contributed by atoms with Crippen LogP contribution in [0.1, 0.15) is 0 Å². The number of amides is 2. The number of carbonyl (C=O) groups excluding carboxylic acids is 2. The van der Waals surface area contributed by atoms with Crippen molar-refractivity contribution < 1.29 is 14.3 Å². The van der Waals surface area contributed by atoms with E-state index in [4.69, 9.17) is 16.3 Å². The molecule has 0 saturated carbocycles. The Morgan fingerprint density at radius 1 is 1.07 bits per heavy atom. The topological polar surface area (TPSA) is 65.1 Å². The second kappa shape index (κ2) is 10.3. The maximum atomic E-state index is 12.5. The maximum Gasteiger partial charge on any atom is 0.244 e. The van der Waals surface area contributed by atoms with Crippen molar-refractivity contribution in [3.63, 3.8) is 0 Å². The quantitative estimate of drug-likeness (QED) is 0.731. The van der Waals surface area contributed by atoms with E-state index in [2.05, 4.69) is 15.1 Å². The summed E-state index contributed by atoms with van der Waals surface area (Å²) in [5.74, 6) is 0.482. The molecule has 1 aliphatic rings. The van der Waals surface area contributed by atoms with Crippen LogP contribution < -0.4 is 15.0 Å². The predicted molar refractivity (Wildman–Crippen MR) is 119 cm³/mol. The first-order valence-corrected chi connectivity index (χ1v) is 10.2. The number of benzene rings is 2. The molecular weight excluding hydrogens is 404 g/mol. The van der Waals surface area contributed by atoms with E-state index in [-0.39, 0.29) is 18.4 Å². The molecule has 2 aromatic carbocycles. The van der Waals surface area contributed by atoms with Crippen LogP contribution in [0.25, 0.3) is 0 Å². The molecule has 1 aliphatic heterocycles. The number of anilines is 2. The summed E-state index contributed by atoms with van der Waals surface area (Å²) in [5, 5.41) is 3.20. The number of halogens is 1. The normalized spacial score (nSPS) is 14.3. The number of nitrogens with zero attached hydrogens (tertiary/aromatic N) is 3. The Bertz CT molecular complexity index is 867. The number of hydrogen-bond acceptors (Lipinski definition) is 5. The number of carbonyl (C=O) groups is 2. The minimum absolute atomic E-state index is 0.0180. The highest BCUT2D eigenvalue weighted by Crippen LogP contribution is 2.21. The van der Waals surface area contributed by atoms with Crippen LogP contribution in [0.4, 0.5) is 11.4 Å². The third-order valence-corrected chi connectivity index (χ3v) is 5.45. The van der Waals surface area contributed by atoms with Crippen molar-refractivity contribution in [3.8, 4) is 5.75 Å². The highest BCUT2D eigenvalue weighted by atomic mass is 35.5. The molecule has 0 radical (unpaired) electrons. The van der Waals surface area contributed by atoms with Crippen LogP contribution in [0, 0.1) is 0 Å². The minimum atomic E-state index is -0.275. The van der Waals surface area contributed by atoms with Gasteiger partial charge in [-0.3, -0.25) is 14.5 Å². The molecule has 3 rings (SSSR count). The van der Waals surface area contributed by atoms with Crippen LogP contribution in [0.3, 0.4) is 0 Å². The van der Waals surface area contributed by atoms with E-state index in [1.54, 1.807) is 38.4 Å². The first-order chi connectivity index (χ1) is 14.5. The van der Waals surface area contributed by atoms with Crippen molar-refractivity contribution in [1.29, 1.82) is 0 Å². The van der Waals surface area contributed by atoms with Crippen LogP contribution in [-0.4, -0.2) is 75.0 Å². The number of piperazine rings is 1. The summed E-state index contributed by atoms with van der Waals surface area (Å²) < 4.78 is 5.20. The molecule has 2 amide bonds. The fraction of sp³-hybridized carbons (Fsp3) is 0.364. The largest absolute Gasteiger partial charge is 0.497 e. The molecule has 30 heavy (non-hydrogen) atoms. The Kier molecular flexibility index (Phi) is 7.54. The van der Waals surface area contributed by atoms with E-state index in [1.165, 1.54) is 4.90 Å². The average Bonchev–Trinajstić information content (AvgIpc) is 2.76. The molecule has 160 valence electrons. The Hall–Kier alpha value is -2.77. The highest BCUT2D eigenvalue weighted by Gasteiger charge is 2.21. The van der Waals surface area contributed by atoms with Crippen molar-refractivity contribution in [2.75, 3.05) is 63.6 Å². The standard InChI is InChI=1S/C22H27ClN4O3/c1-25(15-21(28)24-20-6-4-3-5-19(20)23)22(29)16-26-11-13-27(14-12-26)17-7-9-18(30-2)10-8-17/h3-10H,11-16H2,1-2H3,(H,24,28). The smallest absolute Gasteiger partial charge is 0.244 e. The molecular formula is C22H27ClN4O3. The molecule has 1 heterocycles. The number of rotatable bonds is 7. The molecule has 2 aromatic rings. The maximum absolute atomic E-state index is 12.5. The SMILES string of the molecule is COc1ccc(N2CCN(CC(=O)N(C)CC(=O)Nc3ccccc3Cl)CC2)cc1. The van der Waals surface area contributed by atoms with Crippen molar-refractivity contribution in [3.05, 3.63) is 53.6 Å². The predicted octanol–water partition coefficient (Wildman–Crippen LogP) is 2.57. The Balaban J connectivity index is 1.43. The summed E-state index contributed by atoms with van der Waals surface area (Å²) in [6.07, 6.45) is 0. The Morgan fingerprint density at radius 3 is 2.37 bits per heavy atom. The second-order valence-electron chi connectivity index (χ2n) is 7.24. The lowest BCUT2D eigenvalue weighted by Crippen LogP contribution is -2.50. The van der Waals surface area contributed by atoms with Crippen LogP contribution >= 0.6 is 11.6 Å². The molecule has 8 heteroatoms. The number of para-hydroxylation sites is 1. The van der Waals surface area contributed by atoms with Gasteiger partial charge in [-0.05, 0) is 36.4 Å². The Morgan fingerprint density at radius 2 is 1.73 bits per heavy atom. The third-order valence-electron chi connectivity index (χ3n) is 5.12. The monoisotopic (exact) mass is 430 g/mol. The van der Waals surface area contributed by atoms with Crippen LogP contribution in [0.2, 0.25) is 5.02 Å². The van der Waals surface area contributed by atoms with Crippen molar-refractivity contribution >= 4 is 34.8 Å². The lowest BCUT2D eigenvalue weighted by molar-refractivity contribution is -0.134. The molecule has 0 atom stereocenters. The number of methoxy groups -OCH3 is 1. The first kappa shape index (κ1) is 21.9. The zero-order valence-corrected chi connectivity index (χ0v) is 18.1. The van der Waals surface area contributed by atoms with E-state index >= 15 is 0 Å². The summed E-state index contributed by atoms with van der Waals surface area (Å²) in [7, 11) is 3.30. The van der Waals surface area contributed by atoms with Gasteiger partial charge in [0.25, 0.3) is 0 Å². The number of ether oxygens (including phenoxy) is 1. The van der Waals surface area contributed by atoms with Crippen molar-refractivity contribution in [2.24, 2.45) is 0 Å². The lowest BCUT2D eigenvalue weighted by atomic mass is 10.2. The third kappa shape index (κ3) is 5.87. The van der Waals surface area contributed by atoms with Crippen molar-refractivity contribution in [1.82, 2.24) is 9.80 Å². The van der Waals surface area contributed by atoms with E-state index in [0.717, 1.165) is 37.6 Å². The lowest BCUT2D eigenvalue weighted by Gasteiger charge is -2.36. The summed E-state index contributed by atoms with van der Waals surface area (Å²) in [6.45, 7) is 3.55. The van der Waals surface area contributed by atoms with Gasteiger partial charge in [-0.2, -0.15) is 0 Å². The van der Waals surface area contributed by atoms with E-state index in [0.29, 0.717) is 17.3 Å². The van der Waals surface area contributed by atoms with Gasteiger partial charge in [0.2, 0.25) is 11.8 Å². The van der Waals surface area contributed by atoms with Gasteiger partial charge < -0.3 is 19.9 Å². The molecule has 0 aromatic heterocycles. The van der Waals surface area contributed by atoms with Gasteiger partial charge in [-0.1, -0.05) is 23.7 Å². The number of hydrogen-bond donors (Lipinski definition) is 1. The van der Waals surface area contributed by atoms with Gasteiger partial charge in [-0.25, -0.2) is 0 Å². The van der Waals surface area contributed by atoms with Gasteiger partial charge in [-0.15, -0.1) is 0 Å². The van der Waals surface area contributed by atoms with Gasteiger partial charge in [0.15, 0.2) is 0 Å². The number of likely N-dealkylation sites (N-methyl/N-ethyl adjacent to an activating group) is 1. The highest BCUT2D eigenvalue weighted by molar-refractivity contribution is 6.33. The summed E-state index contributed by atoms with van der Waals surface area (Å²) in [5.41, 5.74) is 1.69. The zero-order chi connectivity index (χ0) is 21.5. The summed E-state index contributed by atoms with van der Waals surface area (Å²) in [4.78, 5) is 30.6. The molecule has 7 nitrogen and oxygen atoms in total. The fourth-order valence-electron chi connectivity index (χ4n) is 3.33. The van der Waals surface area contributed by atoms with E-state index in [1.807, 2.05) is 24.3 Å². The van der Waals surface area contributed by atoms with Crippen molar-refractivity contribution in [2.45, 2.75) is 0 Å².